The Hall–Kier alpha value is -2.17. The molecular weight excluding hydrogens is 300 g/mol. The van der Waals surface area contributed by atoms with Crippen LogP contribution in [0.1, 0.15) is 42.8 Å². The van der Waals surface area contributed by atoms with E-state index in [1.807, 2.05) is 11.7 Å². The lowest BCUT2D eigenvalue weighted by molar-refractivity contribution is -0.121. The number of rotatable bonds is 5. The van der Waals surface area contributed by atoms with Crippen molar-refractivity contribution in [1.82, 2.24) is 20.3 Å². The van der Waals surface area contributed by atoms with Crippen molar-refractivity contribution in [2.45, 2.75) is 52.0 Å². The molecule has 1 heterocycles. The fourth-order valence-corrected chi connectivity index (χ4v) is 3.36. The van der Waals surface area contributed by atoms with E-state index in [1.54, 1.807) is 0 Å². The summed E-state index contributed by atoms with van der Waals surface area (Å²) in [6.07, 6.45) is 4.16. The molecule has 0 fully saturated rings. The summed E-state index contributed by atoms with van der Waals surface area (Å²) >= 11 is 0. The molecular formula is C19H26N4O. The molecule has 0 bridgehead atoms. The number of nitrogens with one attached hydrogen (secondary N) is 1. The van der Waals surface area contributed by atoms with Crippen LogP contribution in [0.5, 0.6) is 0 Å². The second-order valence-electron chi connectivity index (χ2n) is 7.20. The third kappa shape index (κ3) is 4.02. The zero-order chi connectivity index (χ0) is 17.1. The van der Waals surface area contributed by atoms with Gasteiger partial charge in [-0.2, -0.15) is 0 Å². The minimum absolute atomic E-state index is 0.0928. The van der Waals surface area contributed by atoms with Crippen molar-refractivity contribution in [3.05, 3.63) is 46.8 Å². The minimum Gasteiger partial charge on any atom is -0.353 e. The van der Waals surface area contributed by atoms with Crippen molar-refractivity contribution >= 4 is 5.91 Å². The Kier molecular flexibility index (Phi) is 4.97. The molecule has 5 heteroatoms. The number of benzene rings is 1. The summed E-state index contributed by atoms with van der Waals surface area (Å²) in [7, 11) is 1.91. The highest BCUT2D eigenvalue weighted by atomic mass is 16.1. The van der Waals surface area contributed by atoms with Gasteiger partial charge >= 0.3 is 0 Å². The zero-order valence-electron chi connectivity index (χ0n) is 14.7. The molecule has 0 spiro atoms. The van der Waals surface area contributed by atoms with E-state index in [4.69, 9.17) is 0 Å². The van der Waals surface area contributed by atoms with Crippen LogP contribution in [0.3, 0.4) is 0 Å². The van der Waals surface area contributed by atoms with E-state index in [0.29, 0.717) is 12.3 Å². The SMILES string of the molecule is CC(C)Cc1ccc(CC(=O)NC2CCc3nnn(C)c3C2)cc1. The molecule has 24 heavy (non-hydrogen) atoms. The van der Waals surface area contributed by atoms with Crippen LogP contribution < -0.4 is 5.32 Å². The van der Waals surface area contributed by atoms with Gasteiger partial charge in [-0.05, 0) is 36.3 Å². The van der Waals surface area contributed by atoms with Crippen LogP contribution in [0.15, 0.2) is 24.3 Å². The van der Waals surface area contributed by atoms with Gasteiger partial charge in [0.05, 0.1) is 17.8 Å². The van der Waals surface area contributed by atoms with Crippen molar-refractivity contribution in [3.63, 3.8) is 0 Å². The summed E-state index contributed by atoms with van der Waals surface area (Å²) in [6.45, 7) is 4.43. The molecule has 0 saturated heterocycles. The number of carbonyl (C=O) groups excluding carboxylic acids is 1. The van der Waals surface area contributed by atoms with Gasteiger partial charge in [-0.25, -0.2) is 0 Å². The Morgan fingerprint density at radius 1 is 1.29 bits per heavy atom. The molecule has 1 aliphatic rings. The van der Waals surface area contributed by atoms with Crippen molar-refractivity contribution in [1.29, 1.82) is 0 Å². The fraction of sp³-hybridized carbons (Fsp3) is 0.526. The molecule has 2 aromatic rings. The predicted octanol–water partition coefficient (Wildman–Crippen LogP) is 2.23. The highest BCUT2D eigenvalue weighted by Crippen LogP contribution is 2.18. The molecule has 3 rings (SSSR count). The Labute approximate surface area is 143 Å². The Balaban J connectivity index is 1.53. The number of amides is 1. The maximum absolute atomic E-state index is 12.3. The molecule has 0 radical (unpaired) electrons. The average molecular weight is 326 g/mol. The highest BCUT2D eigenvalue weighted by Gasteiger charge is 2.24. The van der Waals surface area contributed by atoms with Crippen LogP contribution in [0.4, 0.5) is 0 Å². The number of carbonyl (C=O) groups is 1. The van der Waals surface area contributed by atoms with Crippen LogP contribution in [0, 0.1) is 5.92 Å². The van der Waals surface area contributed by atoms with Crippen molar-refractivity contribution in [2.24, 2.45) is 13.0 Å². The Morgan fingerprint density at radius 3 is 2.71 bits per heavy atom. The summed E-state index contributed by atoms with van der Waals surface area (Å²) in [6, 6.07) is 8.60. The van der Waals surface area contributed by atoms with Gasteiger partial charge in [-0.3, -0.25) is 9.48 Å². The number of nitrogens with zero attached hydrogens (tertiary/aromatic N) is 3. The van der Waals surface area contributed by atoms with Gasteiger partial charge in [-0.1, -0.05) is 43.3 Å². The van der Waals surface area contributed by atoms with Crippen LogP contribution in [-0.4, -0.2) is 26.9 Å². The van der Waals surface area contributed by atoms with Crippen molar-refractivity contribution in [2.75, 3.05) is 0 Å². The first-order chi connectivity index (χ1) is 11.5. The average Bonchev–Trinajstić information content (AvgIpc) is 2.90. The van der Waals surface area contributed by atoms with Gasteiger partial charge in [0, 0.05) is 19.5 Å². The molecule has 5 nitrogen and oxygen atoms in total. The first kappa shape index (κ1) is 16.7. The maximum Gasteiger partial charge on any atom is 0.224 e. The maximum atomic E-state index is 12.3. The van der Waals surface area contributed by atoms with Gasteiger partial charge in [0.1, 0.15) is 0 Å². The minimum atomic E-state index is 0.0928. The van der Waals surface area contributed by atoms with Gasteiger partial charge in [0.2, 0.25) is 5.91 Å². The number of hydrogen-bond donors (Lipinski definition) is 1. The van der Waals surface area contributed by atoms with E-state index >= 15 is 0 Å². The lowest BCUT2D eigenvalue weighted by atomic mass is 9.95. The summed E-state index contributed by atoms with van der Waals surface area (Å²) in [5.41, 5.74) is 4.62. The number of hydrogen-bond acceptors (Lipinski definition) is 3. The molecule has 0 aliphatic heterocycles. The summed E-state index contributed by atoms with van der Waals surface area (Å²) in [5.74, 6) is 0.743. The second kappa shape index (κ2) is 7.16. The molecule has 1 N–H and O–H groups in total. The van der Waals surface area contributed by atoms with E-state index in [-0.39, 0.29) is 11.9 Å². The van der Waals surface area contributed by atoms with E-state index < -0.39 is 0 Å². The molecule has 0 saturated carbocycles. The van der Waals surface area contributed by atoms with E-state index in [9.17, 15) is 4.79 Å². The van der Waals surface area contributed by atoms with Gasteiger partial charge < -0.3 is 5.32 Å². The Bertz CT molecular complexity index is 703. The lowest BCUT2D eigenvalue weighted by Crippen LogP contribution is -2.40. The third-order valence-corrected chi connectivity index (χ3v) is 4.59. The van der Waals surface area contributed by atoms with E-state index in [0.717, 1.165) is 42.6 Å². The number of aryl methyl sites for hydroxylation is 2. The monoisotopic (exact) mass is 326 g/mol. The molecule has 1 unspecified atom stereocenters. The van der Waals surface area contributed by atoms with Crippen molar-refractivity contribution in [3.8, 4) is 0 Å². The Morgan fingerprint density at radius 2 is 2.00 bits per heavy atom. The molecule has 1 atom stereocenters. The largest absolute Gasteiger partial charge is 0.353 e. The molecule has 1 aliphatic carbocycles. The quantitative estimate of drug-likeness (QED) is 0.916. The zero-order valence-corrected chi connectivity index (χ0v) is 14.7. The smallest absolute Gasteiger partial charge is 0.224 e. The highest BCUT2D eigenvalue weighted by molar-refractivity contribution is 5.78. The van der Waals surface area contributed by atoms with Gasteiger partial charge in [0.15, 0.2) is 0 Å². The predicted molar refractivity (Wildman–Crippen MR) is 93.6 cm³/mol. The standard InChI is InChI=1S/C19H26N4O/c1-13(2)10-14-4-6-15(7-5-14)11-19(24)20-16-8-9-17-18(12-16)23(3)22-21-17/h4-7,13,16H,8-12H2,1-3H3,(H,20,24). The summed E-state index contributed by atoms with van der Waals surface area (Å²) in [4.78, 5) is 12.3. The lowest BCUT2D eigenvalue weighted by Gasteiger charge is -2.23. The number of aromatic nitrogens is 3. The second-order valence-corrected chi connectivity index (χ2v) is 7.20. The number of fused-ring (bicyclic) bond motifs is 1. The molecule has 1 amide bonds. The first-order valence-electron chi connectivity index (χ1n) is 8.76. The van der Waals surface area contributed by atoms with E-state index in [1.165, 1.54) is 5.56 Å². The summed E-state index contributed by atoms with van der Waals surface area (Å²) in [5, 5.41) is 11.4. The molecule has 1 aromatic heterocycles. The van der Waals surface area contributed by atoms with Crippen molar-refractivity contribution < 1.29 is 4.79 Å². The van der Waals surface area contributed by atoms with Crippen LogP contribution >= 0.6 is 0 Å². The molecule has 128 valence electrons. The third-order valence-electron chi connectivity index (χ3n) is 4.59. The normalized spacial score (nSPS) is 16.9. The first-order valence-corrected chi connectivity index (χ1v) is 8.76. The fourth-order valence-electron chi connectivity index (χ4n) is 3.36. The van der Waals surface area contributed by atoms with Crippen LogP contribution in [-0.2, 0) is 37.5 Å². The van der Waals surface area contributed by atoms with Gasteiger partial charge in [-0.15, -0.1) is 5.10 Å². The van der Waals surface area contributed by atoms with Crippen LogP contribution in [0.2, 0.25) is 0 Å². The molecule has 1 aromatic carbocycles. The van der Waals surface area contributed by atoms with Crippen LogP contribution in [0.25, 0.3) is 0 Å². The summed E-state index contributed by atoms with van der Waals surface area (Å²) < 4.78 is 1.82. The topological polar surface area (TPSA) is 59.8 Å². The van der Waals surface area contributed by atoms with E-state index in [2.05, 4.69) is 53.7 Å². The van der Waals surface area contributed by atoms with Gasteiger partial charge in [0.25, 0.3) is 0 Å².